The molecule has 86 heavy (non-hydrogen) atoms. The number of carboxylic acid groups (broad SMARTS) is 2. The first-order valence-electron chi connectivity index (χ1n) is 27.6. The Morgan fingerprint density at radius 2 is 0.779 bits per heavy atom. The molecule has 4 N–H and O–H groups in total. The molecular formula is C66H77N9O11. The van der Waals surface area contributed by atoms with Crippen molar-refractivity contribution in [3.8, 4) is 24.7 Å². The smallest absolute Gasteiger partial charge is 0.309 e. The number of rotatable bonds is 23. The van der Waals surface area contributed by atoms with E-state index in [1.54, 1.807) is 30.1 Å². The fourth-order valence-corrected chi connectivity index (χ4v) is 7.22. The second kappa shape index (κ2) is 41.0. The van der Waals surface area contributed by atoms with Crippen molar-refractivity contribution in [2.24, 2.45) is 29.6 Å². The number of aromatic nitrogens is 9. The lowest BCUT2D eigenvalue weighted by Crippen LogP contribution is -2.17. The van der Waals surface area contributed by atoms with Crippen LogP contribution in [0.5, 0.6) is 0 Å². The second-order valence-corrected chi connectivity index (χ2v) is 19.6. The second-order valence-electron chi connectivity index (χ2n) is 19.6. The number of nitrogens with one attached hydrogen (secondary N) is 1. The van der Waals surface area contributed by atoms with Gasteiger partial charge in [-0.2, -0.15) is 15.4 Å². The molecule has 8 aromatic rings. The normalized spacial score (nSPS) is 11.7. The van der Waals surface area contributed by atoms with Crippen LogP contribution in [0.15, 0.2) is 170 Å². The summed E-state index contributed by atoms with van der Waals surface area (Å²) in [5.41, 5.74) is 7.54. The van der Waals surface area contributed by atoms with Crippen LogP contribution in [0, 0.1) is 54.3 Å². The topological polar surface area (TPSA) is 277 Å². The molecule has 3 heterocycles. The Hall–Kier alpha value is -10.1. The highest BCUT2D eigenvalue weighted by Crippen LogP contribution is 2.14. The van der Waals surface area contributed by atoms with Gasteiger partial charge in [-0.15, -0.1) is 34.9 Å². The number of H-pyrrole nitrogens is 1. The number of carboxylic acids is 2. The van der Waals surface area contributed by atoms with Gasteiger partial charge in [0.15, 0.2) is 0 Å². The van der Waals surface area contributed by atoms with Crippen molar-refractivity contribution in [3.63, 3.8) is 0 Å². The Morgan fingerprint density at radius 1 is 0.465 bits per heavy atom. The van der Waals surface area contributed by atoms with E-state index in [2.05, 4.69) is 47.9 Å². The summed E-state index contributed by atoms with van der Waals surface area (Å²) in [4.78, 5) is 56.0. The Balaban J connectivity index is 0.000000296. The van der Waals surface area contributed by atoms with Crippen molar-refractivity contribution in [1.82, 2.24) is 45.4 Å². The summed E-state index contributed by atoms with van der Waals surface area (Å²) in [6.07, 6.45) is 17.5. The molecule has 5 atom stereocenters. The van der Waals surface area contributed by atoms with Gasteiger partial charge in [0.25, 0.3) is 0 Å². The summed E-state index contributed by atoms with van der Waals surface area (Å²) in [5, 5.41) is 50.0. The predicted molar refractivity (Wildman–Crippen MR) is 323 cm³/mol. The Morgan fingerprint density at radius 3 is 1.08 bits per heavy atom. The molecule has 0 unspecified atom stereocenters. The Bertz CT molecular complexity index is 3100. The molecule has 5 aromatic carbocycles. The van der Waals surface area contributed by atoms with Gasteiger partial charge >= 0.3 is 29.8 Å². The summed E-state index contributed by atoms with van der Waals surface area (Å²) in [6.45, 7) is 10.9. The quantitative estimate of drug-likeness (QED) is 0.0264. The third-order valence-corrected chi connectivity index (χ3v) is 12.1. The molecule has 0 fully saturated rings. The number of aliphatic carboxylic acids is 2. The van der Waals surface area contributed by atoms with Gasteiger partial charge in [0.1, 0.15) is 19.8 Å². The molecule has 452 valence electrons. The summed E-state index contributed by atoms with van der Waals surface area (Å²) in [6, 6.07) is 49.1. The van der Waals surface area contributed by atoms with E-state index >= 15 is 0 Å². The van der Waals surface area contributed by atoms with Crippen LogP contribution in [0.1, 0.15) is 92.4 Å². The lowest BCUT2D eigenvalue weighted by atomic mass is 10.1. The molecule has 8 rings (SSSR count). The molecule has 0 aliphatic carbocycles. The number of terminal acetylenes is 2. The molecule has 0 aliphatic heterocycles. The van der Waals surface area contributed by atoms with E-state index in [0.29, 0.717) is 70.7 Å². The van der Waals surface area contributed by atoms with Crippen molar-refractivity contribution in [2.75, 3.05) is 7.11 Å². The largest absolute Gasteiger partial charge is 0.481 e. The maximum absolute atomic E-state index is 12.1. The molecular weight excluding hydrogens is 1090 g/mol. The van der Waals surface area contributed by atoms with Crippen molar-refractivity contribution in [1.29, 1.82) is 0 Å². The summed E-state index contributed by atoms with van der Waals surface area (Å²) < 4.78 is 19.4. The highest BCUT2D eigenvalue weighted by Gasteiger charge is 2.19. The highest BCUT2D eigenvalue weighted by molar-refractivity contribution is 5.73. The van der Waals surface area contributed by atoms with Gasteiger partial charge in [-0.25, -0.2) is 9.36 Å². The first-order valence-corrected chi connectivity index (χ1v) is 27.6. The molecule has 20 nitrogen and oxygen atoms in total. The van der Waals surface area contributed by atoms with Gasteiger partial charge in [0.2, 0.25) is 0 Å². The maximum Gasteiger partial charge on any atom is 0.309 e. The number of aromatic amines is 1. The van der Waals surface area contributed by atoms with Crippen molar-refractivity contribution < 1.29 is 53.5 Å². The van der Waals surface area contributed by atoms with E-state index in [0.717, 1.165) is 46.3 Å². The van der Waals surface area contributed by atoms with E-state index in [9.17, 15) is 24.0 Å². The van der Waals surface area contributed by atoms with Crippen LogP contribution >= 0.6 is 0 Å². The monoisotopic (exact) mass is 1170 g/mol. The first kappa shape index (κ1) is 70.2. The van der Waals surface area contributed by atoms with Gasteiger partial charge in [-0.1, -0.05) is 197 Å². The van der Waals surface area contributed by atoms with Crippen LogP contribution in [0.2, 0.25) is 0 Å². The van der Waals surface area contributed by atoms with Crippen LogP contribution in [-0.2, 0) is 90.4 Å². The maximum atomic E-state index is 12.1. The standard InChI is InChI=1S/2C20H21N3O2.C13H14O2.C6H9N3O2.C6H8O2.CH4O/c2*1-16(20(24)25-15-18-10-6-3-7-11-18)12-19-14-23(22-21-19)13-17-8-4-2-5-9-17;1-3-7-11(2)13(14)15-10-12-8-5-4-6-9-12;1-4(6(10)11)2-5-3-7-9-8-5;1-3-4-5(2)6(7)8;1-2/h2*2-11,14,16H,12-13,15H2,1H3;1,4-6,8-9,11H,7,10H2,2H3;3-4H,2H2,1H3,(H,10,11)(H,7,8,9);1,5H,4H2,2H3,(H,7,8);2H,1H3/t2*16-;11-;4-;5-;/m00000./s1. The molecule has 0 saturated heterocycles. The van der Waals surface area contributed by atoms with Crippen molar-refractivity contribution >= 4 is 29.8 Å². The lowest BCUT2D eigenvalue weighted by Gasteiger charge is -2.10. The molecule has 20 heteroatoms. The minimum Gasteiger partial charge on any atom is -0.481 e. The number of carbonyl (C=O) groups excluding carboxylic acids is 3. The zero-order valence-electron chi connectivity index (χ0n) is 49.5. The average molecular weight is 1170 g/mol. The SMILES string of the molecule is C#CC[C@H](C)C(=O)O.C#CC[C@H](C)C(=O)OCc1ccccc1.CO.C[C@@H](Cc1cn(Cc2ccccc2)nn1)C(=O)OCc1ccccc1.C[C@@H](Cc1cn(Cc2ccccc2)nn1)C(=O)OCc1ccccc1.C[C@@H](Cc1cn[nH]n1)C(=O)O. The molecule has 0 bridgehead atoms. The minimum atomic E-state index is -0.831. The third-order valence-electron chi connectivity index (χ3n) is 12.1. The minimum absolute atomic E-state index is 0.221. The van der Waals surface area contributed by atoms with Gasteiger partial charge in [-0.3, -0.25) is 24.0 Å². The number of nitrogens with zero attached hydrogens (tertiary/aromatic N) is 8. The molecule has 3 aromatic heterocycles. The summed E-state index contributed by atoms with van der Waals surface area (Å²) in [7, 11) is 1.00. The van der Waals surface area contributed by atoms with Crippen LogP contribution in [0.25, 0.3) is 0 Å². The number of hydrogen-bond donors (Lipinski definition) is 4. The summed E-state index contributed by atoms with van der Waals surface area (Å²) >= 11 is 0. The van der Waals surface area contributed by atoms with Crippen LogP contribution in [-0.4, -0.2) is 97.7 Å². The molecule has 0 spiro atoms. The number of benzene rings is 5. The molecule has 0 aliphatic rings. The molecule has 0 amide bonds. The fourth-order valence-electron chi connectivity index (χ4n) is 7.22. The predicted octanol–water partition coefficient (Wildman–Crippen LogP) is 9.29. The van der Waals surface area contributed by atoms with Gasteiger partial charge in [-0.05, 0) is 27.8 Å². The summed E-state index contributed by atoms with van der Waals surface area (Å²) in [5.74, 6) is 0.844. The Kier molecular flexibility index (Phi) is 33.5. The van der Waals surface area contributed by atoms with E-state index in [1.165, 1.54) is 6.20 Å². The zero-order chi connectivity index (χ0) is 62.9. The van der Waals surface area contributed by atoms with E-state index in [1.807, 2.05) is 178 Å². The van der Waals surface area contributed by atoms with Crippen LogP contribution in [0.3, 0.4) is 0 Å². The van der Waals surface area contributed by atoms with E-state index < -0.39 is 23.8 Å². The number of hydrogen-bond acceptors (Lipinski definition) is 15. The fraction of sp³-hybridized carbons (Fsp3) is 0.318. The van der Waals surface area contributed by atoms with E-state index in [4.69, 9.17) is 42.4 Å². The van der Waals surface area contributed by atoms with Crippen LogP contribution < -0.4 is 0 Å². The van der Waals surface area contributed by atoms with E-state index in [-0.39, 0.29) is 35.7 Å². The first-order chi connectivity index (χ1) is 41.5. The average Bonchev–Trinajstić information content (AvgIpc) is 4.55. The number of aliphatic hydroxyl groups is 1. The van der Waals surface area contributed by atoms with Gasteiger partial charge < -0.3 is 29.5 Å². The molecule has 0 saturated carbocycles. The Labute approximate surface area is 503 Å². The number of esters is 3. The third kappa shape index (κ3) is 29.3. The lowest BCUT2D eigenvalue weighted by molar-refractivity contribution is -0.150. The van der Waals surface area contributed by atoms with Crippen molar-refractivity contribution in [2.45, 2.75) is 99.6 Å². The van der Waals surface area contributed by atoms with Crippen LogP contribution in [0.4, 0.5) is 0 Å². The van der Waals surface area contributed by atoms with Gasteiger partial charge in [0.05, 0.1) is 66.0 Å². The zero-order valence-corrected chi connectivity index (χ0v) is 49.5. The highest BCUT2D eigenvalue weighted by atomic mass is 16.5. The van der Waals surface area contributed by atoms with Gasteiger partial charge in [0, 0.05) is 51.6 Å². The molecule has 0 radical (unpaired) electrons. The van der Waals surface area contributed by atoms with Crippen molar-refractivity contribution in [3.05, 3.63) is 215 Å². The number of ether oxygens (including phenoxy) is 3. The number of carbonyl (C=O) groups is 5. The number of aliphatic hydroxyl groups excluding tert-OH is 1.